The molecule has 176 valence electrons. The molecule has 34 heavy (non-hydrogen) atoms. The molecule has 3 aromatic rings. The molecule has 0 saturated carbocycles. The van der Waals surface area contributed by atoms with Gasteiger partial charge in [-0.05, 0) is 54.8 Å². The standard InChI is InChI=1S/C26H25ClFN3O3/c1-3-23-26(33)31(22-12-17(2)9-10-24(22)34-23)16-25(32)30(14-18-6-5-11-29-13-18)15-19-20(27)7-4-8-21(19)28/h4-13,23H,3,14-16H2,1-2H3/t23-/m0/s1. The van der Waals surface area contributed by atoms with Crippen LogP contribution in [0, 0.1) is 12.7 Å². The molecule has 1 aliphatic heterocycles. The Morgan fingerprint density at radius 2 is 2.03 bits per heavy atom. The maximum absolute atomic E-state index is 14.6. The second kappa shape index (κ2) is 10.2. The molecule has 0 bridgehead atoms. The fourth-order valence-electron chi connectivity index (χ4n) is 3.91. The van der Waals surface area contributed by atoms with Gasteiger partial charge in [0.25, 0.3) is 5.91 Å². The number of ether oxygens (including phenoxy) is 1. The number of rotatable bonds is 7. The quantitative estimate of drug-likeness (QED) is 0.480. The van der Waals surface area contributed by atoms with Gasteiger partial charge in [-0.2, -0.15) is 0 Å². The van der Waals surface area contributed by atoms with Gasteiger partial charge in [-0.25, -0.2) is 4.39 Å². The maximum Gasteiger partial charge on any atom is 0.268 e. The Labute approximate surface area is 202 Å². The van der Waals surface area contributed by atoms with Crippen LogP contribution in [-0.4, -0.2) is 34.3 Å². The number of fused-ring (bicyclic) bond motifs is 1. The molecule has 0 spiro atoms. The number of hydrogen-bond donors (Lipinski definition) is 0. The summed E-state index contributed by atoms with van der Waals surface area (Å²) in [7, 11) is 0. The van der Waals surface area contributed by atoms with Gasteiger partial charge in [0.05, 0.1) is 12.2 Å². The second-order valence-corrected chi connectivity index (χ2v) is 8.63. The van der Waals surface area contributed by atoms with Crippen molar-refractivity contribution >= 4 is 29.1 Å². The topological polar surface area (TPSA) is 62.7 Å². The first kappa shape index (κ1) is 23.7. The highest BCUT2D eigenvalue weighted by Gasteiger charge is 2.35. The Morgan fingerprint density at radius 1 is 1.21 bits per heavy atom. The third-order valence-electron chi connectivity index (χ3n) is 5.74. The van der Waals surface area contributed by atoms with E-state index in [1.807, 2.05) is 38.1 Å². The lowest BCUT2D eigenvalue weighted by atomic mass is 10.1. The lowest BCUT2D eigenvalue weighted by Crippen LogP contribution is -2.50. The average molecular weight is 482 g/mol. The zero-order valence-electron chi connectivity index (χ0n) is 19.0. The molecule has 0 fully saturated rings. The summed E-state index contributed by atoms with van der Waals surface area (Å²) >= 11 is 6.25. The van der Waals surface area contributed by atoms with Crippen LogP contribution in [0.2, 0.25) is 5.02 Å². The van der Waals surface area contributed by atoms with E-state index in [9.17, 15) is 14.0 Å². The molecule has 0 unspecified atom stereocenters. The number of hydrogen-bond acceptors (Lipinski definition) is 4. The highest BCUT2D eigenvalue weighted by Crippen LogP contribution is 2.35. The van der Waals surface area contributed by atoms with E-state index >= 15 is 0 Å². The number of aryl methyl sites for hydroxylation is 1. The highest BCUT2D eigenvalue weighted by atomic mass is 35.5. The number of amides is 2. The molecule has 1 aliphatic rings. The smallest absolute Gasteiger partial charge is 0.268 e. The van der Waals surface area contributed by atoms with E-state index in [-0.39, 0.29) is 42.0 Å². The van der Waals surface area contributed by atoms with Crippen molar-refractivity contribution in [2.24, 2.45) is 0 Å². The van der Waals surface area contributed by atoms with Crippen LogP contribution in [0.15, 0.2) is 60.9 Å². The van der Waals surface area contributed by atoms with Crippen LogP contribution >= 0.6 is 11.6 Å². The minimum Gasteiger partial charge on any atom is -0.478 e. The first-order chi connectivity index (χ1) is 16.4. The van der Waals surface area contributed by atoms with Crippen molar-refractivity contribution in [3.05, 3.63) is 88.5 Å². The maximum atomic E-state index is 14.6. The second-order valence-electron chi connectivity index (χ2n) is 8.22. The Morgan fingerprint density at radius 3 is 2.74 bits per heavy atom. The summed E-state index contributed by atoms with van der Waals surface area (Å²) in [5.74, 6) is -0.563. The Balaban J connectivity index is 1.66. The summed E-state index contributed by atoms with van der Waals surface area (Å²) in [4.78, 5) is 33.8. The van der Waals surface area contributed by atoms with Gasteiger partial charge in [-0.1, -0.05) is 36.7 Å². The molecule has 1 aromatic heterocycles. The van der Waals surface area contributed by atoms with Crippen molar-refractivity contribution < 1.29 is 18.7 Å². The van der Waals surface area contributed by atoms with Crippen LogP contribution in [-0.2, 0) is 22.7 Å². The largest absolute Gasteiger partial charge is 0.478 e. The van der Waals surface area contributed by atoms with Gasteiger partial charge in [0.1, 0.15) is 18.1 Å². The molecule has 2 heterocycles. The molecule has 2 amide bonds. The Kier molecular flexibility index (Phi) is 7.12. The van der Waals surface area contributed by atoms with E-state index in [1.54, 1.807) is 24.5 Å². The van der Waals surface area contributed by atoms with Crippen LogP contribution in [0.3, 0.4) is 0 Å². The van der Waals surface area contributed by atoms with E-state index in [0.29, 0.717) is 17.9 Å². The van der Waals surface area contributed by atoms with Crippen molar-refractivity contribution in [1.29, 1.82) is 0 Å². The normalized spacial score (nSPS) is 15.0. The van der Waals surface area contributed by atoms with Crippen molar-refractivity contribution in [2.75, 3.05) is 11.4 Å². The molecule has 8 heteroatoms. The molecule has 0 aliphatic carbocycles. The molecule has 0 N–H and O–H groups in total. The number of halogens is 2. The summed E-state index contributed by atoms with van der Waals surface area (Å²) < 4.78 is 20.4. The van der Waals surface area contributed by atoms with Gasteiger partial charge in [0.15, 0.2) is 6.10 Å². The van der Waals surface area contributed by atoms with Gasteiger partial charge < -0.3 is 9.64 Å². The van der Waals surface area contributed by atoms with Crippen LogP contribution in [0.25, 0.3) is 0 Å². The zero-order chi connectivity index (χ0) is 24.2. The van der Waals surface area contributed by atoms with E-state index in [2.05, 4.69) is 4.98 Å². The first-order valence-electron chi connectivity index (χ1n) is 11.1. The van der Waals surface area contributed by atoms with Gasteiger partial charge in [-0.3, -0.25) is 19.5 Å². The van der Waals surface area contributed by atoms with Crippen LogP contribution in [0.4, 0.5) is 10.1 Å². The number of benzene rings is 2. The fraction of sp³-hybridized carbons (Fsp3) is 0.269. The highest BCUT2D eigenvalue weighted by molar-refractivity contribution is 6.31. The van der Waals surface area contributed by atoms with Crippen molar-refractivity contribution in [3.8, 4) is 5.75 Å². The summed E-state index contributed by atoms with van der Waals surface area (Å²) in [6.07, 6.45) is 3.09. The molecular weight excluding hydrogens is 457 g/mol. The zero-order valence-corrected chi connectivity index (χ0v) is 19.8. The Hall–Kier alpha value is -3.45. The molecule has 6 nitrogen and oxygen atoms in total. The number of carbonyl (C=O) groups excluding carboxylic acids is 2. The molecule has 0 saturated heterocycles. The summed E-state index contributed by atoms with van der Waals surface area (Å²) in [5, 5.41) is 0.235. The monoisotopic (exact) mass is 481 g/mol. The van der Waals surface area contributed by atoms with Crippen molar-refractivity contribution in [3.63, 3.8) is 0 Å². The number of carbonyl (C=O) groups is 2. The average Bonchev–Trinajstić information content (AvgIpc) is 2.83. The molecule has 2 aromatic carbocycles. The van der Waals surface area contributed by atoms with Crippen LogP contribution < -0.4 is 9.64 Å². The number of nitrogens with zero attached hydrogens (tertiary/aromatic N) is 3. The lowest BCUT2D eigenvalue weighted by molar-refractivity contribution is -0.134. The third kappa shape index (κ3) is 5.04. The van der Waals surface area contributed by atoms with Crippen molar-refractivity contribution in [1.82, 2.24) is 9.88 Å². The number of pyridine rings is 1. The van der Waals surface area contributed by atoms with E-state index in [0.717, 1.165) is 11.1 Å². The SMILES string of the molecule is CC[C@@H]1Oc2ccc(C)cc2N(CC(=O)N(Cc2cccnc2)Cc2c(F)cccc2Cl)C1=O. The molecule has 4 rings (SSSR count). The van der Waals surface area contributed by atoms with Gasteiger partial charge in [-0.15, -0.1) is 0 Å². The molecular formula is C26H25ClFN3O3. The van der Waals surface area contributed by atoms with Gasteiger partial charge in [0, 0.05) is 29.5 Å². The summed E-state index contributed by atoms with van der Waals surface area (Å²) in [6, 6.07) is 13.6. The minimum absolute atomic E-state index is 0.0460. The fourth-order valence-corrected chi connectivity index (χ4v) is 4.13. The van der Waals surface area contributed by atoms with Crippen LogP contribution in [0.1, 0.15) is 30.0 Å². The number of aromatic nitrogens is 1. The minimum atomic E-state index is -0.671. The van der Waals surface area contributed by atoms with Gasteiger partial charge in [0.2, 0.25) is 5.91 Å². The molecule has 1 atom stereocenters. The van der Waals surface area contributed by atoms with E-state index in [1.165, 1.54) is 21.9 Å². The summed E-state index contributed by atoms with van der Waals surface area (Å²) in [6.45, 7) is 3.70. The lowest BCUT2D eigenvalue weighted by Gasteiger charge is -2.35. The third-order valence-corrected chi connectivity index (χ3v) is 6.09. The van der Waals surface area contributed by atoms with E-state index < -0.39 is 11.9 Å². The van der Waals surface area contributed by atoms with Crippen molar-refractivity contribution in [2.45, 2.75) is 39.5 Å². The predicted octanol–water partition coefficient (Wildman–Crippen LogP) is 4.92. The van der Waals surface area contributed by atoms with E-state index in [4.69, 9.17) is 16.3 Å². The van der Waals surface area contributed by atoms with Gasteiger partial charge >= 0.3 is 0 Å². The summed E-state index contributed by atoms with van der Waals surface area (Å²) in [5.41, 5.74) is 2.48. The van der Waals surface area contributed by atoms with Crippen LogP contribution in [0.5, 0.6) is 5.75 Å². The predicted molar refractivity (Wildman–Crippen MR) is 128 cm³/mol. The number of anilines is 1. The first-order valence-corrected chi connectivity index (χ1v) is 11.4. The molecule has 0 radical (unpaired) electrons. The Bertz CT molecular complexity index is 1180.